The standard InChI is InChI=1S/C15H12F4/c1-6-3-8-5-9-4-7(2)13(17)15(19)11(9)10(8)14(18)12(6)16/h3-4,12,14H,5H2,1-2H3. The first kappa shape index (κ1) is 12.5. The Balaban J connectivity index is 2.25. The maximum Gasteiger partial charge on any atom is 0.166 e. The van der Waals surface area contributed by atoms with Crippen LogP contribution in [0.15, 0.2) is 23.3 Å². The van der Waals surface area contributed by atoms with E-state index in [-0.39, 0.29) is 22.3 Å². The number of allylic oxidation sites excluding steroid dienone is 4. The summed E-state index contributed by atoms with van der Waals surface area (Å²) in [6.07, 6.45) is -1.83. The van der Waals surface area contributed by atoms with Crippen LogP contribution in [-0.4, -0.2) is 12.3 Å². The van der Waals surface area contributed by atoms with Crippen molar-refractivity contribution in [3.8, 4) is 0 Å². The average Bonchev–Trinajstić information content (AvgIpc) is 2.71. The predicted octanol–water partition coefficient (Wildman–Crippen LogP) is 4.22. The van der Waals surface area contributed by atoms with E-state index in [4.69, 9.17) is 0 Å². The van der Waals surface area contributed by atoms with Crippen molar-refractivity contribution in [3.63, 3.8) is 0 Å². The second-order valence-corrected chi connectivity index (χ2v) is 5.16. The van der Waals surface area contributed by atoms with Gasteiger partial charge in [0.15, 0.2) is 24.0 Å². The van der Waals surface area contributed by atoms with Crippen molar-refractivity contribution in [1.29, 1.82) is 0 Å². The van der Waals surface area contributed by atoms with Crippen LogP contribution < -0.4 is 0 Å². The number of fused-ring (bicyclic) bond motifs is 2. The van der Waals surface area contributed by atoms with Gasteiger partial charge in [-0.3, -0.25) is 0 Å². The molecule has 2 aliphatic carbocycles. The molecule has 0 nitrogen and oxygen atoms in total. The van der Waals surface area contributed by atoms with Gasteiger partial charge in [0, 0.05) is 11.1 Å². The van der Waals surface area contributed by atoms with Crippen molar-refractivity contribution in [3.05, 3.63) is 51.6 Å². The monoisotopic (exact) mass is 268 g/mol. The van der Waals surface area contributed by atoms with Crippen molar-refractivity contribution < 1.29 is 17.6 Å². The van der Waals surface area contributed by atoms with Crippen LogP contribution >= 0.6 is 0 Å². The number of hydrogen-bond acceptors (Lipinski definition) is 0. The lowest BCUT2D eigenvalue weighted by molar-refractivity contribution is 0.241. The molecule has 0 aromatic heterocycles. The molecule has 0 N–H and O–H groups in total. The molecule has 0 saturated heterocycles. The number of rotatable bonds is 0. The van der Waals surface area contributed by atoms with Crippen molar-refractivity contribution in [2.75, 3.05) is 0 Å². The molecular weight excluding hydrogens is 256 g/mol. The van der Waals surface area contributed by atoms with Crippen LogP contribution in [-0.2, 0) is 6.42 Å². The first-order valence-corrected chi connectivity index (χ1v) is 6.09. The molecule has 0 aliphatic heterocycles. The first-order chi connectivity index (χ1) is 8.91. The number of aryl methyl sites for hydroxylation is 1. The minimum atomic E-state index is -1.92. The van der Waals surface area contributed by atoms with Gasteiger partial charge >= 0.3 is 0 Å². The summed E-state index contributed by atoms with van der Waals surface area (Å²) < 4.78 is 55.5. The third-order valence-electron chi connectivity index (χ3n) is 3.84. The Hall–Kier alpha value is -1.58. The zero-order valence-corrected chi connectivity index (χ0v) is 10.5. The maximum absolute atomic E-state index is 14.1. The van der Waals surface area contributed by atoms with Gasteiger partial charge in [-0.2, -0.15) is 0 Å². The average molecular weight is 268 g/mol. The molecule has 0 bridgehead atoms. The van der Waals surface area contributed by atoms with Crippen molar-refractivity contribution in [1.82, 2.24) is 0 Å². The summed E-state index contributed by atoms with van der Waals surface area (Å²) in [6.45, 7) is 2.97. The highest BCUT2D eigenvalue weighted by atomic mass is 19.2. The van der Waals surface area contributed by atoms with E-state index in [0.29, 0.717) is 17.6 Å². The fourth-order valence-electron chi connectivity index (χ4n) is 2.89. The number of benzene rings is 1. The molecule has 19 heavy (non-hydrogen) atoms. The number of halogens is 4. The molecular formula is C15H12F4. The van der Waals surface area contributed by atoms with E-state index in [1.807, 2.05) is 0 Å². The Labute approximate surface area is 108 Å². The van der Waals surface area contributed by atoms with Gasteiger partial charge in [-0.15, -0.1) is 0 Å². The molecule has 1 aromatic rings. The zero-order chi connectivity index (χ0) is 13.9. The molecule has 1 aromatic carbocycles. The molecule has 0 spiro atoms. The Morgan fingerprint density at radius 1 is 1.05 bits per heavy atom. The van der Waals surface area contributed by atoms with Crippen LogP contribution in [0.4, 0.5) is 17.6 Å². The van der Waals surface area contributed by atoms with E-state index in [1.165, 1.54) is 19.9 Å². The molecule has 2 unspecified atom stereocenters. The van der Waals surface area contributed by atoms with Crippen molar-refractivity contribution >= 4 is 5.57 Å². The highest BCUT2D eigenvalue weighted by molar-refractivity contribution is 5.83. The summed E-state index contributed by atoms with van der Waals surface area (Å²) in [5.74, 6) is -2.05. The summed E-state index contributed by atoms with van der Waals surface area (Å²) in [6, 6.07) is 1.51. The minimum Gasteiger partial charge on any atom is -0.239 e. The van der Waals surface area contributed by atoms with Crippen LogP contribution in [0.2, 0.25) is 0 Å². The summed E-state index contributed by atoms with van der Waals surface area (Å²) in [7, 11) is 0. The number of alkyl halides is 2. The molecule has 2 atom stereocenters. The Kier molecular flexibility index (Phi) is 2.59. The lowest BCUT2D eigenvalue weighted by atomic mass is 9.89. The van der Waals surface area contributed by atoms with E-state index in [0.717, 1.165) is 0 Å². The lowest BCUT2D eigenvalue weighted by Crippen LogP contribution is -2.24. The Morgan fingerprint density at radius 2 is 1.74 bits per heavy atom. The second kappa shape index (κ2) is 3.95. The van der Waals surface area contributed by atoms with Gasteiger partial charge in [0.05, 0.1) is 0 Å². The molecule has 2 aliphatic rings. The highest BCUT2D eigenvalue weighted by Crippen LogP contribution is 2.45. The van der Waals surface area contributed by atoms with Crippen LogP contribution in [0.25, 0.3) is 5.57 Å². The van der Waals surface area contributed by atoms with Crippen LogP contribution in [0.1, 0.15) is 23.6 Å². The zero-order valence-electron chi connectivity index (χ0n) is 10.5. The van der Waals surface area contributed by atoms with Crippen LogP contribution in [0.3, 0.4) is 0 Å². The summed E-state index contributed by atoms with van der Waals surface area (Å²) >= 11 is 0. The third kappa shape index (κ3) is 1.58. The largest absolute Gasteiger partial charge is 0.239 e. The SMILES string of the molecule is CC1=CC2=C(c3c(cc(C)c(F)c3F)C2)C(F)C1F. The minimum absolute atomic E-state index is 0.0236. The first-order valence-electron chi connectivity index (χ1n) is 6.09. The summed E-state index contributed by atoms with van der Waals surface area (Å²) in [4.78, 5) is 0. The molecule has 3 rings (SSSR count). The number of hydrogen-bond donors (Lipinski definition) is 0. The molecule has 0 saturated carbocycles. The second-order valence-electron chi connectivity index (χ2n) is 5.16. The molecule has 100 valence electrons. The van der Waals surface area contributed by atoms with Gasteiger partial charge < -0.3 is 0 Å². The summed E-state index contributed by atoms with van der Waals surface area (Å²) in [5, 5.41) is 0. The predicted molar refractivity (Wildman–Crippen MR) is 65.3 cm³/mol. The van der Waals surface area contributed by atoms with Crippen molar-refractivity contribution in [2.45, 2.75) is 32.6 Å². The van der Waals surface area contributed by atoms with Gasteiger partial charge in [-0.05, 0) is 42.5 Å². The van der Waals surface area contributed by atoms with Crippen LogP contribution in [0.5, 0.6) is 0 Å². The molecule has 0 radical (unpaired) electrons. The Morgan fingerprint density at radius 3 is 2.42 bits per heavy atom. The maximum atomic E-state index is 14.1. The van der Waals surface area contributed by atoms with E-state index in [1.54, 1.807) is 6.08 Å². The van der Waals surface area contributed by atoms with Gasteiger partial charge in [-0.25, -0.2) is 17.6 Å². The van der Waals surface area contributed by atoms with E-state index in [9.17, 15) is 17.6 Å². The van der Waals surface area contributed by atoms with Gasteiger partial charge in [-0.1, -0.05) is 12.1 Å². The van der Waals surface area contributed by atoms with E-state index < -0.39 is 24.0 Å². The fourth-order valence-corrected chi connectivity index (χ4v) is 2.89. The van der Waals surface area contributed by atoms with E-state index in [2.05, 4.69) is 0 Å². The van der Waals surface area contributed by atoms with Gasteiger partial charge in [0.2, 0.25) is 0 Å². The quantitative estimate of drug-likeness (QED) is 0.618. The normalized spacial score (nSPS) is 25.3. The smallest absolute Gasteiger partial charge is 0.166 e. The topological polar surface area (TPSA) is 0 Å². The third-order valence-corrected chi connectivity index (χ3v) is 3.84. The van der Waals surface area contributed by atoms with Crippen LogP contribution in [0, 0.1) is 18.6 Å². The van der Waals surface area contributed by atoms with Gasteiger partial charge in [0.1, 0.15) is 0 Å². The molecule has 0 heterocycles. The molecule has 0 fully saturated rings. The molecule has 4 heteroatoms. The molecule has 0 amide bonds. The van der Waals surface area contributed by atoms with Gasteiger partial charge in [0.25, 0.3) is 0 Å². The van der Waals surface area contributed by atoms with Crippen molar-refractivity contribution in [2.24, 2.45) is 0 Å². The Bertz CT molecular complexity index is 640. The summed E-state index contributed by atoms with van der Waals surface area (Å²) in [5.41, 5.74) is 1.45. The van der Waals surface area contributed by atoms with E-state index >= 15 is 0 Å². The highest BCUT2D eigenvalue weighted by Gasteiger charge is 2.39. The lowest BCUT2D eigenvalue weighted by Gasteiger charge is -2.22. The fraction of sp³-hybridized carbons (Fsp3) is 0.333.